The fourth-order valence-corrected chi connectivity index (χ4v) is 5.83. The Balaban J connectivity index is 1.67. The van der Waals surface area contributed by atoms with E-state index >= 15 is 0 Å². The third-order valence-corrected chi connectivity index (χ3v) is 6.56. The van der Waals surface area contributed by atoms with Gasteiger partial charge in [-0.15, -0.1) is 11.8 Å². The molecule has 0 radical (unpaired) electrons. The van der Waals surface area contributed by atoms with Crippen molar-refractivity contribution in [1.82, 2.24) is 5.32 Å². The third-order valence-electron chi connectivity index (χ3n) is 4.05. The minimum absolute atomic E-state index is 0.748. The molecule has 1 aromatic carbocycles. The monoisotopic (exact) mass is 279 g/mol. The van der Waals surface area contributed by atoms with Crippen LogP contribution < -0.4 is 5.32 Å². The van der Waals surface area contributed by atoms with Crippen LogP contribution in [0.1, 0.15) is 24.8 Å². The van der Waals surface area contributed by atoms with Crippen LogP contribution in [0.2, 0.25) is 0 Å². The molecule has 0 aliphatic carbocycles. The molecular formula is C15H21NS2. The fraction of sp³-hybridized carbons (Fsp3) is 0.600. The number of hydrogen-bond acceptors (Lipinski definition) is 3. The van der Waals surface area contributed by atoms with E-state index < -0.39 is 0 Å². The molecule has 1 nitrogen and oxygen atoms in total. The first-order valence-electron chi connectivity index (χ1n) is 6.91. The highest BCUT2D eigenvalue weighted by Gasteiger charge is 2.32. The van der Waals surface area contributed by atoms with E-state index in [-0.39, 0.29) is 0 Å². The Hall–Kier alpha value is -0.120. The van der Waals surface area contributed by atoms with Gasteiger partial charge in [0.05, 0.1) is 0 Å². The summed E-state index contributed by atoms with van der Waals surface area (Å²) in [7, 11) is 0. The molecule has 3 rings (SSSR count). The highest BCUT2D eigenvalue weighted by Crippen LogP contribution is 2.44. The quantitative estimate of drug-likeness (QED) is 0.904. The molecule has 3 unspecified atom stereocenters. The van der Waals surface area contributed by atoms with Crippen molar-refractivity contribution >= 4 is 23.5 Å². The SMILES string of the molecule is CCNC1CSCC1CC1CSc2ccccc21. The topological polar surface area (TPSA) is 12.0 Å². The Labute approximate surface area is 119 Å². The van der Waals surface area contributed by atoms with Crippen molar-refractivity contribution in [2.75, 3.05) is 23.8 Å². The average molecular weight is 279 g/mol. The molecule has 2 aliphatic rings. The number of fused-ring (bicyclic) bond motifs is 1. The van der Waals surface area contributed by atoms with Crippen molar-refractivity contribution in [3.05, 3.63) is 29.8 Å². The lowest BCUT2D eigenvalue weighted by Crippen LogP contribution is -2.35. The zero-order valence-electron chi connectivity index (χ0n) is 10.9. The molecule has 2 heterocycles. The van der Waals surface area contributed by atoms with Crippen LogP contribution in [0, 0.1) is 5.92 Å². The maximum Gasteiger partial charge on any atom is 0.0194 e. The van der Waals surface area contributed by atoms with Gasteiger partial charge in [0.2, 0.25) is 0 Å². The van der Waals surface area contributed by atoms with Gasteiger partial charge >= 0.3 is 0 Å². The molecule has 2 aliphatic heterocycles. The number of benzene rings is 1. The largest absolute Gasteiger partial charge is 0.313 e. The lowest BCUT2D eigenvalue weighted by molar-refractivity contribution is 0.392. The highest BCUT2D eigenvalue weighted by atomic mass is 32.2. The molecule has 0 spiro atoms. The van der Waals surface area contributed by atoms with E-state index in [0.717, 1.165) is 24.4 Å². The van der Waals surface area contributed by atoms with E-state index in [1.165, 1.54) is 28.6 Å². The predicted octanol–water partition coefficient (Wildman–Crippen LogP) is 3.61. The molecule has 0 amide bonds. The van der Waals surface area contributed by atoms with Gasteiger partial charge in [-0.3, -0.25) is 0 Å². The normalized spacial score (nSPS) is 30.6. The molecule has 3 heteroatoms. The standard InChI is InChI=1S/C15H21NS2/c1-2-16-14-10-17-8-12(14)7-11-9-18-15-6-4-3-5-13(11)15/h3-6,11-12,14,16H,2,7-10H2,1H3. The third kappa shape index (κ3) is 2.59. The molecule has 1 saturated heterocycles. The van der Waals surface area contributed by atoms with E-state index in [2.05, 4.69) is 48.3 Å². The van der Waals surface area contributed by atoms with Gasteiger partial charge in [-0.05, 0) is 42.2 Å². The summed E-state index contributed by atoms with van der Waals surface area (Å²) < 4.78 is 0. The fourth-order valence-electron chi connectivity index (χ4n) is 3.11. The molecule has 98 valence electrons. The lowest BCUT2D eigenvalue weighted by Gasteiger charge is -2.22. The van der Waals surface area contributed by atoms with Crippen molar-refractivity contribution in [2.45, 2.75) is 30.2 Å². The van der Waals surface area contributed by atoms with E-state index in [1.54, 1.807) is 5.56 Å². The van der Waals surface area contributed by atoms with Gasteiger partial charge in [-0.25, -0.2) is 0 Å². The van der Waals surface area contributed by atoms with Crippen LogP contribution >= 0.6 is 23.5 Å². The summed E-state index contributed by atoms with van der Waals surface area (Å²) in [6, 6.07) is 9.73. The van der Waals surface area contributed by atoms with E-state index in [0.29, 0.717) is 0 Å². The number of hydrogen-bond donors (Lipinski definition) is 1. The van der Waals surface area contributed by atoms with E-state index in [4.69, 9.17) is 0 Å². The Kier molecular flexibility index (Phi) is 4.22. The summed E-state index contributed by atoms with van der Waals surface area (Å²) in [5.74, 6) is 5.60. The van der Waals surface area contributed by atoms with Gasteiger partial charge in [0.15, 0.2) is 0 Å². The first-order valence-corrected chi connectivity index (χ1v) is 9.05. The molecule has 1 fully saturated rings. The van der Waals surface area contributed by atoms with Crippen molar-refractivity contribution in [3.63, 3.8) is 0 Å². The Morgan fingerprint density at radius 1 is 1.22 bits per heavy atom. The van der Waals surface area contributed by atoms with Crippen LogP contribution in [0.5, 0.6) is 0 Å². The van der Waals surface area contributed by atoms with Gasteiger partial charge in [0.1, 0.15) is 0 Å². The molecule has 0 aromatic heterocycles. The van der Waals surface area contributed by atoms with E-state index in [9.17, 15) is 0 Å². The molecule has 1 N–H and O–H groups in total. The summed E-state index contributed by atoms with van der Waals surface area (Å²) in [6.45, 7) is 3.33. The van der Waals surface area contributed by atoms with Crippen LogP contribution in [0.4, 0.5) is 0 Å². The average Bonchev–Trinajstić information content (AvgIpc) is 2.99. The number of thioether (sulfide) groups is 2. The minimum Gasteiger partial charge on any atom is -0.313 e. The molecule has 1 aromatic rings. The second kappa shape index (κ2) is 5.89. The first-order chi connectivity index (χ1) is 8.88. The summed E-state index contributed by atoms with van der Waals surface area (Å²) in [4.78, 5) is 1.52. The minimum atomic E-state index is 0.748. The summed E-state index contributed by atoms with van der Waals surface area (Å²) in [5.41, 5.74) is 1.61. The van der Waals surface area contributed by atoms with Gasteiger partial charge in [-0.2, -0.15) is 11.8 Å². The Morgan fingerprint density at radius 2 is 2.11 bits per heavy atom. The van der Waals surface area contributed by atoms with E-state index in [1.807, 2.05) is 11.8 Å². The van der Waals surface area contributed by atoms with Gasteiger partial charge in [0.25, 0.3) is 0 Å². The maximum absolute atomic E-state index is 3.66. The molecular weight excluding hydrogens is 258 g/mol. The molecule has 0 bridgehead atoms. The summed E-state index contributed by atoms with van der Waals surface area (Å²) in [6.07, 6.45) is 1.37. The van der Waals surface area contributed by atoms with Crippen molar-refractivity contribution in [1.29, 1.82) is 0 Å². The van der Waals surface area contributed by atoms with Crippen molar-refractivity contribution in [3.8, 4) is 0 Å². The predicted molar refractivity (Wildman–Crippen MR) is 82.8 cm³/mol. The smallest absolute Gasteiger partial charge is 0.0194 e. The Bertz CT molecular complexity index is 407. The summed E-state index contributed by atoms with van der Waals surface area (Å²) in [5, 5.41) is 3.66. The van der Waals surface area contributed by atoms with Gasteiger partial charge in [-0.1, -0.05) is 25.1 Å². The van der Waals surface area contributed by atoms with Crippen molar-refractivity contribution < 1.29 is 0 Å². The maximum atomic E-state index is 3.66. The molecule has 3 atom stereocenters. The zero-order valence-corrected chi connectivity index (χ0v) is 12.5. The van der Waals surface area contributed by atoms with Crippen LogP contribution in [-0.2, 0) is 0 Å². The number of nitrogens with one attached hydrogen (secondary N) is 1. The molecule has 0 saturated carbocycles. The van der Waals surface area contributed by atoms with Crippen LogP contribution in [0.15, 0.2) is 29.2 Å². The van der Waals surface area contributed by atoms with Gasteiger partial charge < -0.3 is 5.32 Å². The second-order valence-electron chi connectivity index (χ2n) is 5.24. The Morgan fingerprint density at radius 3 is 3.00 bits per heavy atom. The van der Waals surface area contributed by atoms with Crippen LogP contribution in [0.25, 0.3) is 0 Å². The molecule has 18 heavy (non-hydrogen) atoms. The van der Waals surface area contributed by atoms with Gasteiger partial charge in [0, 0.05) is 22.4 Å². The number of rotatable bonds is 4. The second-order valence-corrected chi connectivity index (χ2v) is 7.38. The first kappa shape index (κ1) is 12.9. The summed E-state index contributed by atoms with van der Waals surface area (Å²) >= 11 is 4.17. The van der Waals surface area contributed by atoms with Crippen LogP contribution in [-0.4, -0.2) is 29.8 Å². The van der Waals surface area contributed by atoms with Crippen molar-refractivity contribution in [2.24, 2.45) is 5.92 Å². The zero-order chi connectivity index (χ0) is 12.4. The lowest BCUT2D eigenvalue weighted by atomic mass is 9.88. The highest BCUT2D eigenvalue weighted by molar-refractivity contribution is 7.99. The van der Waals surface area contributed by atoms with Crippen LogP contribution in [0.3, 0.4) is 0 Å².